The van der Waals surface area contributed by atoms with Crippen molar-refractivity contribution in [1.29, 1.82) is 0 Å². The summed E-state index contributed by atoms with van der Waals surface area (Å²) in [6, 6.07) is -0.332. The van der Waals surface area contributed by atoms with Crippen molar-refractivity contribution in [1.82, 2.24) is 29.4 Å². The van der Waals surface area contributed by atoms with Crippen LogP contribution in [0.3, 0.4) is 0 Å². The number of hydrogen-bond donors (Lipinski definition) is 0. The molecule has 0 N–H and O–H groups in total. The van der Waals surface area contributed by atoms with Crippen LogP contribution in [0, 0.1) is 35.5 Å². The second-order valence-electron chi connectivity index (χ2n) is 14.1. The van der Waals surface area contributed by atoms with Gasteiger partial charge in [0.15, 0.2) is 0 Å². The van der Waals surface area contributed by atoms with E-state index in [9.17, 15) is 9.59 Å². The highest BCUT2D eigenvalue weighted by molar-refractivity contribution is 5.95. The van der Waals surface area contributed by atoms with Crippen molar-refractivity contribution >= 4 is 12.1 Å². The molecule has 0 spiro atoms. The molecule has 224 valence electrons. The van der Waals surface area contributed by atoms with E-state index in [-0.39, 0.29) is 12.1 Å². The Kier molecular flexibility index (Phi) is 15.2. The Morgan fingerprint density at radius 2 is 0.711 bits per heavy atom. The molecule has 1 fully saturated rings. The number of carbonyl (C=O) groups is 2. The Balaban J connectivity index is 3.30. The van der Waals surface area contributed by atoms with E-state index in [1.807, 2.05) is 9.80 Å². The Hall–Kier alpha value is -1.38. The maximum Gasteiger partial charge on any atom is 0.331 e. The van der Waals surface area contributed by atoms with Gasteiger partial charge in [-0.1, -0.05) is 83.1 Å². The third-order valence-corrected chi connectivity index (χ3v) is 6.17. The molecule has 0 unspecified atom stereocenters. The van der Waals surface area contributed by atoms with Crippen molar-refractivity contribution < 1.29 is 9.59 Å². The van der Waals surface area contributed by atoms with E-state index in [1.54, 1.807) is 0 Å². The monoisotopic (exact) mass is 538 g/mol. The van der Waals surface area contributed by atoms with Gasteiger partial charge in [0, 0.05) is 39.3 Å². The summed E-state index contributed by atoms with van der Waals surface area (Å²) >= 11 is 0. The molecule has 1 aliphatic heterocycles. The summed E-state index contributed by atoms with van der Waals surface area (Å²) < 4.78 is 0. The molecule has 0 saturated carbocycles. The molecular weight excluding hydrogens is 476 g/mol. The molecule has 0 aliphatic carbocycles. The summed E-state index contributed by atoms with van der Waals surface area (Å²) in [7, 11) is 0. The molecule has 8 nitrogen and oxygen atoms in total. The van der Waals surface area contributed by atoms with Crippen LogP contribution < -0.4 is 0 Å². The standard InChI is InChI=1S/C30H62N6O2/c1-23(2)13-31(14-24(3)4)19-34-22-35(20-32(15-25(5)6)16-26(7)8)30(38)36(29(34)37)21-33(17-27(9)10)18-28(11)12/h23-28H,13-22H2,1-12H3. The maximum atomic E-state index is 13.9. The number of carbonyl (C=O) groups excluding carboxylic acids is 2. The van der Waals surface area contributed by atoms with Crippen molar-refractivity contribution in [2.45, 2.75) is 83.1 Å². The van der Waals surface area contributed by atoms with Gasteiger partial charge in [-0.15, -0.1) is 0 Å². The van der Waals surface area contributed by atoms with Crippen LogP contribution in [-0.4, -0.2) is 107 Å². The average molecular weight is 539 g/mol. The zero-order chi connectivity index (χ0) is 29.2. The van der Waals surface area contributed by atoms with Crippen LogP contribution in [0.5, 0.6) is 0 Å². The van der Waals surface area contributed by atoms with E-state index >= 15 is 0 Å². The zero-order valence-corrected chi connectivity index (χ0v) is 27.0. The highest BCUT2D eigenvalue weighted by Gasteiger charge is 2.39. The molecule has 0 atom stereocenters. The van der Waals surface area contributed by atoms with E-state index in [0.717, 1.165) is 39.3 Å². The molecule has 1 saturated heterocycles. The van der Waals surface area contributed by atoms with Gasteiger partial charge in [0.25, 0.3) is 0 Å². The summed E-state index contributed by atoms with van der Waals surface area (Å²) in [5, 5.41) is 0. The number of amides is 4. The van der Waals surface area contributed by atoms with E-state index in [0.29, 0.717) is 62.2 Å². The average Bonchev–Trinajstić information content (AvgIpc) is 2.71. The van der Waals surface area contributed by atoms with Crippen LogP contribution in [0.25, 0.3) is 0 Å². The van der Waals surface area contributed by atoms with Crippen molar-refractivity contribution in [2.75, 3.05) is 65.9 Å². The number of hydrogen-bond acceptors (Lipinski definition) is 5. The molecule has 1 heterocycles. The number of urea groups is 2. The second-order valence-corrected chi connectivity index (χ2v) is 14.1. The highest BCUT2D eigenvalue weighted by Crippen LogP contribution is 2.19. The number of imide groups is 1. The van der Waals surface area contributed by atoms with Gasteiger partial charge in [0.05, 0.1) is 20.0 Å². The quantitative estimate of drug-likeness (QED) is 0.220. The smallest absolute Gasteiger partial charge is 0.293 e. The largest absolute Gasteiger partial charge is 0.331 e. The second kappa shape index (κ2) is 16.7. The third kappa shape index (κ3) is 13.1. The lowest BCUT2D eigenvalue weighted by atomic mass is 10.1. The van der Waals surface area contributed by atoms with Crippen LogP contribution in [0.1, 0.15) is 83.1 Å². The van der Waals surface area contributed by atoms with Gasteiger partial charge >= 0.3 is 12.1 Å². The third-order valence-electron chi connectivity index (χ3n) is 6.17. The maximum absolute atomic E-state index is 13.9. The van der Waals surface area contributed by atoms with E-state index in [2.05, 4.69) is 97.8 Å². The van der Waals surface area contributed by atoms with Crippen molar-refractivity contribution in [3.8, 4) is 0 Å². The minimum Gasteiger partial charge on any atom is -0.293 e. The van der Waals surface area contributed by atoms with Gasteiger partial charge < -0.3 is 0 Å². The van der Waals surface area contributed by atoms with E-state index in [4.69, 9.17) is 0 Å². The lowest BCUT2D eigenvalue weighted by molar-refractivity contribution is 0.00845. The summed E-state index contributed by atoms with van der Waals surface area (Å²) in [5.74, 6) is 2.92. The lowest BCUT2D eigenvalue weighted by Crippen LogP contribution is -2.66. The number of nitrogens with zero attached hydrogens (tertiary/aromatic N) is 6. The fourth-order valence-corrected chi connectivity index (χ4v) is 5.43. The van der Waals surface area contributed by atoms with Gasteiger partial charge in [0.1, 0.15) is 6.67 Å². The zero-order valence-electron chi connectivity index (χ0n) is 27.0. The molecule has 0 aromatic heterocycles. The van der Waals surface area contributed by atoms with Gasteiger partial charge in [-0.05, 0) is 35.5 Å². The first-order valence-electron chi connectivity index (χ1n) is 15.1. The Labute approximate surface area is 235 Å². The molecular formula is C30H62N6O2. The fraction of sp³-hybridized carbons (Fsp3) is 0.933. The number of rotatable bonds is 18. The molecule has 1 rings (SSSR count). The Morgan fingerprint density at radius 1 is 0.474 bits per heavy atom. The lowest BCUT2D eigenvalue weighted by Gasteiger charge is -2.46. The Morgan fingerprint density at radius 3 is 0.947 bits per heavy atom. The summed E-state index contributed by atoms with van der Waals surface area (Å²) in [5.41, 5.74) is 0. The molecule has 0 radical (unpaired) electrons. The normalized spacial score (nSPS) is 15.7. The molecule has 8 heteroatoms. The SMILES string of the molecule is CC(C)CN(CC(C)C)CN1CN(CN(CC(C)C)CC(C)C)C(=O)N(CN(CC(C)C)CC(C)C)C1=O. The minimum absolute atomic E-state index is 0.166. The molecule has 0 aromatic carbocycles. The van der Waals surface area contributed by atoms with Gasteiger partial charge in [0.2, 0.25) is 0 Å². The predicted molar refractivity (Wildman–Crippen MR) is 160 cm³/mol. The predicted octanol–water partition coefficient (Wildman–Crippen LogP) is 5.82. The molecule has 4 amide bonds. The first-order chi connectivity index (χ1) is 17.6. The Bertz CT molecular complexity index is 620. The van der Waals surface area contributed by atoms with Crippen LogP contribution in [-0.2, 0) is 0 Å². The van der Waals surface area contributed by atoms with Crippen LogP contribution in [0.15, 0.2) is 0 Å². The van der Waals surface area contributed by atoms with Crippen molar-refractivity contribution in [2.24, 2.45) is 35.5 Å². The topological polar surface area (TPSA) is 53.6 Å². The first-order valence-corrected chi connectivity index (χ1v) is 15.1. The van der Waals surface area contributed by atoms with E-state index < -0.39 is 0 Å². The highest BCUT2D eigenvalue weighted by atomic mass is 16.2. The fourth-order valence-electron chi connectivity index (χ4n) is 5.43. The van der Waals surface area contributed by atoms with E-state index in [1.165, 1.54) is 4.90 Å². The summed E-state index contributed by atoms with van der Waals surface area (Å²) in [6.45, 7) is 33.7. The minimum atomic E-state index is -0.166. The first kappa shape index (κ1) is 34.6. The van der Waals surface area contributed by atoms with Gasteiger partial charge in [-0.2, -0.15) is 0 Å². The molecule has 1 aliphatic rings. The summed E-state index contributed by atoms with van der Waals surface area (Å²) in [4.78, 5) is 40.0. The van der Waals surface area contributed by atoms with Crippen molar-refractivity contribution in [3.05, 3.63) is 0 Å². The molecule has 0 aromatic rings. The van der Waals surface area contributed by atoms with Crippen molar-refractivity contribution in [3.63, 3.8) is 0 Å². The molecule has 38 heavy (non-hydrogen) atoms. The molecule has 0 bridgehead atoms. The van der Waals surface area contributed by atoms with Crippen LogP contribution in [0.2, 0.25) is 0 Å². The van der Waals surface area contributed by atoms with Gasteiger partial charge in [-0.25, -0.2) is 14.5 Å². The van der Waals surface area contributed by atoms with Crippen LogP contribution >= 0.6 is 0 Å². The summed E-state index contributed by atoms with van der Waals surface area (Å²) in [6.07, 6.45) is 0. The van der Waals surface area contributed by atoms with Gasteiger partial charge in [-0.3, -0.25) is 24.5 Å². The van der Waals surface area contributed by atoms with Crippen LogP contribution in [0.4, 0.5) is 9.59 Å².